The van der Waals surface area contributed by atoms with Gasteiger partial charge in [0.1, 0.15) is 6.10 Å². The Labute approximate surface area is 155 Å². The highest BCUT2D eigenvalue weighted by atomic mass is 79.9. The fourth-order valence-electron chi connectivity index (χ4n) is 2.55. The molecule has 0 aromatic heterocycles. The van der Waals surface area contributed by atoms with Gasteiger partial charge in [-0.15, -0.1) is 0 Å². The number of carbonyl (C=O) groups is 1. The molecule has 0 aliphatic heterocycles. The van der Waals surface area contributed by atoms with Gasteiger partial charge >= 0.3 is 5.97 Å². The molecule has 0 aliphatic carbocycles. The minimum Gasteiger partial charge on any atom is -0.451 e. The summed E-state index contributed by atoms with van der Waals surface area (Å²) >= 11 is 3.34. The maximum Gasteiger partial charge on any atom is 0.338 e. The van der Waals surface area contributed by atoms with Crippen LogP contribution < -0.4 is 0 Å². The van der Waals surface area contributed by atoms with Crippen LogP contribution in [0.25, 0.3) is 0 Å². The van der Waals surface area contributed by atoms with Crippen molar-refractivity contribution >= 4 is 21.9 Å². The number of benzene rings is 3. The van der Waals surface area contributed by atoms with Crippen molar-refractivity contribution in [2.24, 2.45) is 0 Å². The second-order valence-electron chi connectivity index (χ2n) is 5.60. The van der Waals surface area contributed by atoms with Crippen LogP contribution in [0.1, 0.15) is 33.7 Å². The zero-order chi connectivity index (χ0) is 17.6. The smallest absolute Gasteiger partial charge is 0.338 e. The number of halogens is 1. The summed E-state index contributed by atoms with van der Waals surface area (Å²) < 4.78 is 6.56. The highest BCUT2D eigenvalue weighted by Gasteiger charge is 2.27. The van der Waals surface area contributed by atoms with Gasteiger partial charge in [-0.05, 0) is 35.4 Å². The molecule has 1 N–H and O–H groups in total. The first-order valence-corrected chi connectivity index (χ1v) is 8.69. The number of esters is 1. The van der Waals surface area contributed by atoms with E-state index in [1.54, 1.807) is 24.3 Å². The van der Waals surface area contributed by atoms with Crippen LogP contribution in [0.3, 0.4) is 0 Å². The normalized spacial score (nSPS) is 13.0. The van der Waals surface area contributed by atoms with E-state index in [4.69, 9.17) is 4.74 Å². The standard InChI is InChI=1S/C21H17BrO3/c22-18-13-11-17(12-14-18)21(24)25-20(16-9-5-2-6-10-16)19(23)15-7-3-1-4-8-15/h1-14,19-20,23H/t19-,20+/m1/s1. The van der Waals surface area contributed by atoms with Gasteiger partial charge in [-0.2, -0.15) is 0 Å². The van der Waals surface area contributed by atoms with Crippen LogP contribution in [0.2, 0.25) is 0 Å². The Bertz CT molecular complexity index is 817. The summed E-state index contributed by atoms with van der Waals surface area (Å²) in [5.41, 5.74) is 1.87. The molecule has 0 radical (unpaired) electrons. The lowest BCUT2D eigenvalue weighted by Crippen LogP contribution is -2.18. The van der Waals surface area contributed by atoms with E-state index in [1.165, 1.54) is 0 Å². The van der Waals surface area contributed by atoms with Gasteiger partial charge in [0, 0.05) is 4.47 Å². The van der Waals surface area contributed by atoms with Crippen molar-refractivity contribution in [3.8, 4) is 0 Å². The average Bonchev–Trinajstić information content (AvgIpc) is 2.67. The Hall–Kier alpha value is -2.43. The molecule has 2 atom stereocenters. The Morgan fingerprint density at radius 1 is 0.800 bits per heavy atom. The quantitative estimate of drug-likeness (QED) is 0.611. The molecule has 126 valence electrons. The maximum atomic E-state index is 12.5. The van der Waals surface area contributed by atoms with E-state index in [0.717, 1.165) is 10.0 Å². The van der Waals surface area contributed by atoms with Gasteiger partial charge in [0.15, 0.2) is 6.10 Å². The minimum atomic E-state index is -0.956. The van der Waals surface area contributed by atoms with Gasteiger partial charge in [0.25, 0.3) is 0 Å². The molecule has 3 rings (SSSR count). The molecule has 25 heavy (non-hydrogen) atoms. The molecule has 3 aromatic carbocycles. The predicted molar refractivity (Wildman–Crippen MR) is 100 cm³/mol. The van der Waals surface area contributed by atoms with Crippen molar-refractivity contribution in [2.75, 3.05) is 0 Å². The molecule has 0 spiro atoms. The van der Waals surface area contributed by atoms with Crippen molar-refractivity contribution in [1.29, 1.82) is 0 Å². The van der Waals surface area contributed by atoms with E-state index in [-0.39, 0.29) is 0 Å². The second-order valence-corrected chi connectivity index (χ2v) is 6.51. The summed E-state index contributed by atoms with van der Waals surface area (Å²) in [6.45, 7) is 0. The van der Waals surface area contributed by atoms with Crippen LogP contribution in [0.15, 0.2) is 89.4 Å². The van der Waals surface area contributed by atoms with Crippen LogP contribution in [0, 0.1) is 0 Å². The molecular formula is C21H17BrO3. The summed E-state index contributed by atoms with van der Waals surface area (Å²) in [7, 11) is 0. The summed E-state index contributed by atoms with van der Waals surface area (Å²) in [6.07, 6.45) is -1.75. The fraction of sp³-hybridized carbons (Fsp3) is 0.0952. The highest BCUT2D eigenvalue weighted by Crippen LogP contribution is 2.32. The molecule has 0 fully saturated rings. The number of aliphatic hydroxyl groups excluding tert-OH is 1. The van der Waals surface area contributed by atoms with Gasteiger partial charge in [-0.3, -0.25) is 0 Å². The molecule has 0 amide bonds. The van der Waals surface area contributed by atoms with Crippen molar-refractivity contribution in [3.05, 3.63) is 106 Å². The van der Waals surface area contributed by atoms with E-state index in [2.05, 4.69) is 15.9 Å². The topological polar surface area (TPSA) is 46.5 Å². The highest BCUT2D eigenvalue weighted by molar-refractivity contribution is 9.10. The fourth-order valence-corrected chi connectivity index (χ4v) is 2.82. The Morgan fingerprint density at radius 2 is 1.32 bits per heavy atom. The largest absolute Gasteiger partial charge is 0.451 e. The summed E-state index contributed by atoms with van der Waals surface area (Å²) in [5.74, 6) is -0.476. The zero-order valence-corrected chi connectivity index (χ0v) is 15.0. The first-order valence-electron chi connectivity index (χ1n) is 7.89. The van der Waals surface area contributed by atoms with Crippen LogP contribution in [0.5, 0.6) is 0 Å². The van der Waals surface area contributed by atoms with Crippen LogP contribution in [-0.2, 0) is 4.74 Å². The molecule has 0 heterocycles. The molecule has 3 aromatic rings. The molecular weight excluding hydrogens is 380 g/mol. The lowest BCUT2D eigenvalue weighted by molar-refractivity contribution is -0.0209. The maximum absolute atomic E-state index is 12.5. The Balaban J connectivity index is 1.89. The lowest BCUT2D eigenvalue weighted by atomic mass is 9.98. The third-order valence-electron chi connectivity index (χ3n) is 3.87. The van der Waals surface area contributed by atoms with E-state index < -0.39 is 18.2 Å². The molecule has 0 bridgehead atoms. The van der Waals surface area contributed by atoms with Gasteiger partial charge in [0.05, 0.1) is 5.56 Å². The molecule has 3 nitrogen and oxygen atoms in total. The third-order valence-corrected chi connectivity index (χ3v) is 4.40. The molecule has 4 heteroatoms. The first-order chi connectivity index (χ1) is 12.1. The van der Waals surface area contributed by atoms with E-state index >= 15 is 0 Å². The number of hydrogen-bond donors (Lipinski definition) is 1. The summed E-state index contributed by atoms with van der Waals surface area (Å²) in [4.78, 5) is 12.5. The molecule has 0 unspecified atom stereocenters. The SMILES string of the molecule is O=C(O[C@@H](c1ccccc1)[C@H](O)c1ccccc1)c1ccc(Br)cc1. The number of hydrogen-bond acceptors (Lipinski definition) is 3. The Morgan fingerprint density at radius 3 is 1.88 bits per heavy atom. The summed E-state index contributed by atoms with van der Waals surface area (Å²) in [5, 5.41) is 10.8. The zero-order valence-electron chi connectivity index (χ0n) is 13.4. The number of rotatable bonds is 5. The molecule has 0 saturated carbocycles. The van der Waals surface area contributed by atoms with Gasteiger partial charge < -0.3 is 9.84 Å². The van der Waals surface area contributed by atoms with Gasteiger partial charge in [0.2, 0.25) is 0 Å². The van der Waals surface area contributed by atoms with Gasteiger partial charge in [-0.1, -0.05) is 76.6 Å². The van der Waals surface area contributed by atoms with Crippen molar-refractivity contribution in [2.45, 2.75) is 12.2 Å². The summed E-state index contributed by atoms with van der Waals surface area (Å²) in [6, 6.07) is 25.4. The monoisotopic (exact) mass is 396 g/mol. The van der Waals surface area contributed by atoms with E-state index in [1.807, 2.05) is 60.7 Å². The Kier molecular flexibility index (Phi) is 5.64. The van der Waals surface area contributed by atoms with Crippen molar-refractivity contribution < 1.29 is 14.6 Å². The predicted octanol–water partition coefficient (Wildman–Crippen LogP) is 5.08. The van der Waals surface area contributed by atoms with Crippen LogP contribution >= 0.6 is 15.9 Å². The number of aliphatic hydroxyl groups is 1. The van der Waals surface area contributed by atoms with Crippen LogP contribution in [0.4, 0.5) is 0 Å². The van der Waals surface area contributed by atoms with Crippen LogP contribution in [-0.4, -0.2) is 11.1 Å². The molecule has 0 saturated heterocycles. The number of carbonyl (C=O) groups excluding carboxylic acids is 1. The van der Waals surface area contributed by atoms with Gasteiger partial charge in [-0.25, -0.2) is 4.79 Å². The van der Waals surface area contributed by atoms with E-state index in [0.29, 0.717) is 11.1 Å². The lowest BCUT2D eigenvalue weighted by Gasteiger charge is -2.24. The minimum absolute atomic E-state index is 0.435. The first kappa shape index (κ1) is 17.4. The van der Waals surface area contributed by atoms with Crippen molar-refractivity contribution in [3.63, 3.8) is 0 Å². The number of ether oxygens (including phenoxy) is 1. The second kappa shape index (κ2) is 8.10. The van der Waals surface area contributed by atoms with E-state index in [9.17, 15) is 9.90 Å². The van der Waals surface area contributed by atoms with Crippen molar-refractivity contribution in [1.82, 2.24) is 0 Å². The molecule has 0 aliphatic rings. The third kappa shape index (κ3) is 4.35. The average molecular weight is 397 g/mol.